The quantitative estimate of drug-likeness (QED) is 0.621. The highest BCUT2D eigenvalue weighted by Crippen LogP contribution is 2.26. The molecule has 2 nitrogen and oxygen atoms in total. The minimum Gasteiger partial charge on any atom is -0.406 e. The van der Waals surface area contributed by atoms with Crippen molar-refractivity contribution in [3.05, 3.63) is 29.8 Å². The fourth-order valence-electron chi connectivity index (χ4n) is 2.18. The number of hydrogen-bond donors (Lipinski definition) is 1. The van der Waals surface area contributed by atoms with Crippen molar-refractivity contribution in [3.8, 4) is 5.75 Å². The largest absolute Gasteiger partial charge is 0.573 e. The molecule has 1 N–H and O–H groups in total. The number of ether oxygens (including phenoxy) is 1. The number of halogens is 3. The average Bonchev–Trinajstić information content (AvgIpc) is 2.41. The second kappa shape index (κ2) is 8.93. The van der Waals surface area contributed by atoms with Crippen LogP contribution in [0.3, 0.4) is 0 Å². The highest BCUT2D eigenvalue weighted by atomic mass is 19.4. The molecule has 0 heterocycles. The molecule has 5 heteroatoms. The molecule has 0 fully saturated rings. The number of hydrogen-bond acceptors (Lipinski definition) is 2. The first-order chi connectivity index (χ1) is 9.92. The molecule has 0 spiro atoms. The van der Waals surface area contributed by atoms with Crippen molar-refractivity contribution in [2.45, 2.75) is 64.3 Å². The Bertz CT molecular complexity index is 388. The monoisotopic (exact) mass is 304 g/mol. The third kappa shape index (κ3) is 7.95. The summed E-state index contributed by atoms with van der Waals surface area (Å²) in [5.74, 6) is -0.266. The van der Waals surface area contributed by atoms with Crippen LogP contribution in [0.4, 0.5) is 13.2 Å². The fourth-order valence-corrected chi connectivity index (χ4v) is 2.18. The van der Waals surface area contributed by atoms with Gasteiger partial charge in [0.05, 0.1) is 6.10 Å². The van der Waals surface area contributed by atoms with Gasteiger partial charge in [-0.05, 0) is 24.1 Å². The summed E-state index contributed by atoms with van der Waals surface area (Å²) < 4.78 is 39.9. The number of aliphatic hydroxyl groups excluding tert-OH is 1. The summed E-state index contributed by atoms with van der Waals surface area (Å²) in [5, 5.41) is 9.98. The summed E-state index contributed by atoms with van der Waals surface area (Å²) >= 11 is 0. The Labute approximate surface area is 123 Å². The summed E-state index contributed by atoms with van der Waals surface area (Å²) in [6.07, 6.45) is 2.14. The van der Waals surface area contributed by atoms with Gasteiger partial charge in [0.2, 0.25) is 0 Å². The van der Waals surface area contributed by atoms with E-state index in [1.54, 1.807) is 0 Å². The van der Waals surface area contributed by atoms with Gasteiger partial charge in [-0.2, -0.15) is 0 Å². The number of alkyl halides is 3. The molecule has 0 bridgehead atoms. The van der Waals surface area contributed by atoms with Gasteiger partial charge in [0.25, 0.3) is 0 Å². The van der Waals surface area contributed by atoms with Gasteiger partial charge < -0.3 is 9.84 Å². The maximum absolute atomic E-state index is 12.0. The predicted molar refractivity (Wildman–Crippen MR) is 76.1 cm³/mol. The van der Waals surface area contributed by atoms with Crippen molar-refractivity contribution in [2.75, 3.05) is 0 Å². The van der Waals surface area contributed by atoms with Crippen LogP contribution in [0.5, 0.6) is 5.75 Å². The van der Waals surface area contributed by atoms with Crippen LogP contribution < -0.4 is 4.74 Å². The molecule has 0 radical (unpaired) electrons. The highest BCUT2D eigenvalue weighted by Gasteiger charge is 2.31. The van der Waals surface area contributed by atoms with Crippen LogP contribution in [0, 0.1) is 0 Å². The van der Waals surface area contributed by atoms with E-state index >= 15 is 0 Å². The van der Waals surface area contributed by atoms with Crippen LogP contribution in [-0.2, 0) is 0 Å². The molecule has 0 aromatic heterocycles. The summed E-state index contributed by atoms with van der Waals surface area (Å²) in [5.41, 5.74) is 0.623. The normalized spacial score (nSPS) is 13.2. The molecule has 1 aromatic carbocycles. The van der Waals surface area contributed by atoms with Gasteiger partial charge in [0, 0.05) is 0 Å². The number of aliphatic hydroxyl groups is 1. The van der Waals surface area contributed by atoms with Gasteiger partial charge in [0.15, 0.2) is 0 Å². The lowest BCUT2D eigenvalue weighted by molar-refractivity contribution is -0.274. The van der Waals surface area contributed by atoms with Crippen LogP contribution in [-0.4, -0.2) is 11.5 Å². The lowest BCUT2D eigenvalue weighted by Gasteiger charge is -2.13. The average molecular weight is 304 g/mol. The van der Waals surface area contributed by atoms with E-state index in [-0.39, 0.29) is 5.75 Å². The minimum absolute atomic E-state index is 0.266. The summed E-state index contributed by atoms with van der Waals surface area (Å²) in [6, 6.07) is 5.41. The van der Waals surface area contributed by atoms with Crippen LogP contribution in [0.2, 0.25) is 0 Å². The molecule has 1 rings (SSSR count). The molecule has 1 atom stereocenters. The summed E-state index contributed by atoms with van der Waals surface area (Å²) in [7, 11) is 0. The van der Waals surface area contributed by atoms with Crippen molar-refractivity contribution in [1.82, 2.24) is 0 Å². The molecule has 0 saturated carbocycles. The van der Waals surface area contributed by atoms with Crippen LogP contribution >= 0.6 is 0 Å². The van der Waals surface area contributed by atoms with Crippen LogP contribution in [0.15, 0.2) is 24.3 Å². The Morgan fingerprint density at radius 3 is 2.14 bits per heavy atom. The molecular formula is C16H23F3O2. The predicted octanol–water partition coefficient (Wildman–Crippen LogP) is 5.37. The maximum Gasteiger partial charge on any atom is 0.573 e. The van der Waals surface area contributed by atoms with Crippen molar-refractivity contribution < 1.29 is 23.0 Å². The second-order valence-electron chi connectivity index (χ2n) is 5.19. The molecule has 0 aliphatic heterocycles. The van der Waals surface area contributed by atoms with E-state index in [1.807, 2.05) is 0 Å². The van der Waals surface area contributed by atoms with Gasteiger partial charge in [0.1, 0.15) is 5.75 Å². The van der Waals surface area contributed by atoms with Crippen LogP contribution in [0.25, 0.3) is 0 Å². The number of unbranched alkanes of at least 4 members (excludes halogenated alkanes) is 5. The molecule has 21 heavy (non-hydrogen) atoms. The van der Waals surface area contributed by atoms with E-state index in [0.717, 1.165) is 12.8 Å². The Kier molecular flexibility index (Phi) is 7.57. The molecule has 1 unspecified atom stereocenters. The first kappa shape index (κ1) is 17.8. The van der Waals surface area contributed by atoms with Gasteiger partial charge in [-0.15, -0.1) is 13.2 Å². The molecule has 0 aliphatic rings. The Balaban J connectivity index is 2.32. The van der Waals surface area contributed by atoms with E-state index < -0.39 is 12.5 Å². The zero-order valence-electron chi connectivity index (χ0n) is 12.3. The van der Waals surface area contributed by atoms with Gasteiger partial charge in [-0.25, -0.2) is 0 Å². The summed E-state index contributed by atoms with van der Waals surface area (Å²) in [4.78, 5) is 0. The standard InChI is InChI=1S/C16H23F3O2/c1-2-3-4-5-6-7-8-15(20)13-9-11-14(12-10-13)21-16(17,18)19/h9-12,15,20H,2-8H2,1H3. The fraction of sp³-hybridized carbons (Fsp3) is 0.625. The van der Waals surface area contributed by atoms with Crippen LogP contribution in [0.1, 0.15) is 63.5 Å². The van der Waals surface area contributed by atoms with Crippen molar-refractivity contribution >= 4 is 0 Å². The number of rotatable bonds is 9. The lowest BCUT2D eigenvalue weighted by Crippen LogP contribution is -2.17. The Morgan fingerprint density at radius 2 is 1.57 bits per heavy atom. The third-order valence-electron chi connectivity index (χ3n) is 3.33. The van der Waals surface area contributed by atoms with Crippen molar-refractivity contribution in [3.63, 3.8) is 0 Å². The van der Waals surface area contributed by atoms with E-state index in [1.165, 1.54) is 49.9 Å². The van der Waals surface area contributed by atoms with E-state index in [9.17, 15) is 18.3 Å². The SMILES string of the molecule is CCCCCCCCC(O)c1ccc(OC(F)(F)F)cc1. The maximum atomic E-state index is 12.0. The second-order valence-corrected chi connectivity index (χ2v) is 5.19. The molecule has 0 saturated heterocycles. The Morgan fingerprint density at radius 1 is 1.00 bits per heavy atom. The summed E-state index contributed by atoms with van der Waals surface area (Å²) in [6.45, 7) is 2.16. The van der Waals surface area contributed by atoms with E-state index in [2.05, 4.69) is 11.7 Å². The van der Waals surface area contributed by atoms with E-state index in [0.29, 0.717) is 12.0 Å². The van der Waals surface area contributed by atoms with Gasteiger partial charge >= 0.3 is 6.36 Å². The highest BCUT2D eigenvalue weighted by molar-refractivity contribution is 5.28. The molecule has 0 amide bonds. The molecule has 120 valence electrons. The number of benzene rings is 1. The molecule has 1 aromatic rings. The van der Waals surface area contributed by atoms with Gasteiger partial charge in [-0.3, -0.25) is 0 Å². The van der Waals surface area contributed by atoms with Crippen molar-refractivity contribution in [2.24, 2.45) is 0 Å². The lowest BCUT2D eigenvalue weighted by atomic mass is 10.0. The smallest absolute Gasteiger partial charge is 0.406 e. The minimum atomic E-state index is -4.68. The Hall–Kier alpha value is -1.23. The first-order valence-electron chi connectivity index (χ1n) is 7.46. The molecule has 0 aliphatic carbocycles. The molecular weight excluding hydrogens is 281 g/mol. The van der Waals surface area contributed by atoms with Crippen molar-refractivity contribution in [1.29, 1.82) is 0 Å². The topological polar surface area (TPSA) is 29.5 Å². The zero-order chi connectivity index (χ0) is 15.7. The first-order valence-corrected chi connectivity index (χ1v) is 7.46. The zero-order valence-corrected chi connectivity index (χ0v) is 12.3. The van der Waals surface area contributed by atoms with Gasteiger partial charge in [-0.1, -0.05) is 57.6 Å². The van der Waals surface area contributed by atoms with E-state index in [4.69, 9.17) is 0 Å². The third-order valence-corrected chi connectivity index (χ3v) is 3.33.